The Labute approximate surface area is 92.5 Å². The number of hydrogen-bond acceptors (Lipinski definition) is 3. The first kappa shape index (κ1) is 9.66. The van der Waals surface area contributed by atoms with Crippen LogP contribution in [0.5, 0.6) is 0 Å². The number of nitrogens with zero attached hydrogens (tertiary/aromatic N) is 2. The number of hydrogen-bond donors (Lipinski definition) is 1. The Hall–Kier alpha value is -1.55. The van der Waals surface area contributed by atoms with Crippen LogP contribution in [-0.4, -0.2) is 9.97 Å². The summed E-state index contributed by atoms with van der Waals surface area (Å²) in [5, 5.41) is 0.496. The largest absolute Gasteiger partial charge is 0.319 e. The molecule has 1 aromatic carbocycles. The molecular formula is C12H12FN3. The first-order valence-electron chi connectivity index (χ1n) is 5.32. The van der Waals surface area contributed by atoms with Crippen molar-refractivity contribution in [1.82, 2.24) is 9.97 Å². The van der Waals surface area contributed by atoms with Crippen LogP contribution in [0.15, 0.2) is 18.2 Å². The van der Waals surface area contributed by atoms with Crippen LogP contribution in [0, 0.1) is 12.7 Å². The third-order valence-electron chi connectivity index (χ3n) is 3.09. The molecular weight excluding hydrogens is 205 g/mol. The lowest BCUT2D eigenvalue weighted by Crippen LogP contribution is -2.22. The van der Waals surface area contributed by atoms with E-state index < -0.39 is 0 Å². The molecule has 2 N–H and O–H groups in total. The fraction of sp³-hybridized carbons (Fsp3) is 0.333. The minimum Gasteiger partial charge on any atom is -0.319 e. The van der Waals surface area contributed by atoms with Gasteiger partial charge < -0.3 is 5.73 Å². The molecule has 1 fully saturated rings. The van der Waals surface area contributed by atoms with E-state index in [2.05, 4.69) is 9.97 Å². The molecule has 0 amide bonds. The zero-order valence-corrected chi connectivity index (χ0v) is 9.00. The molecule has 3 nitrogen and oxygen atoms in total. The quantitative estimate of drug-likeness (QED) is 0.795. The van der Waals surface area contributed by atoms with Crippen molar-refractivity contribution in [1.29, 1.82) is 0 Å². The summed E-state index contributed by atoms with van der Waals surface area (Å²) in [5.74, 6) is 0.367. The lowest BCUT2D eigenvalue weighted by atomic mass is 10.1. The van der Waals surface area contributed by atoms with E-state index in [0.29, 0.717) is 22.4 Å². The van der Waals surface area contributed by atoms with Gasteiger partial charge in [-0.15, -0.1) is 0 Å². The minimum atomic E-state index is -0.370. The van der Waals surface area contributed by atoms with E-state index in [4.69, 9.17) is 5.73 Å². The standard InChI is InChI=1S/C12H12FN3/c1-7-10-8(13)3-2-4-9(10)16-11(15-7)12(14)5-6-12/h2-4H,5-6,14H2,1H3. The summed E-state index contributed by atoms with van der Waals surface area (Å²) in [6.45, 7) is 1.79. The number of fused-ring (bicyclic) bond motifs is 1. The highest BCUT2D eigenvalue weighted by Crippen LogP contribution is 2.41. The van der Waals surface area contributed by atoms with E-state index in [-0.39, 0.29) is 11.4 Å². The topological polar surface area (TPSA) is 51.8 Å². The van der Waals surface area contributed by atoms with Gasteiger partial charge >= 0.3 is 0 Å². The van der Waals surface area contributed by atoms with E-state index >= 15 is 0 Å². The third-order valence-corrected chi connectivity index (χ3v) is 3.09. The van der Waals surface area contributed by atoms with Crippen LogP contribution in [0.3, 0.4) is 0 Å². The highest BCUT2D eigenvalue weighted by Gasteiger charge is 2.43. The molecule has 1 aromatic heterocycles. The van der Waals surface area contributed by atoms with E-state index in [0.717, 1.165) is 12.8 Å². The van der Waals surface area contributed by atoms with Crippen molar-refractivity contribution in [3.05, 3.63) is 35.5 Å². The maximum absolute atomic E-state index is 13.6. The Bertz CT molecular complexity index is 576. The summed E-state index contributed by atoms with van der Waals surface area (Å²) in [7, 11) is 0. The van der Waals surface area contributed by atoms with Gasteiger partial charge in [0, 0.05) is 0 Å². The number of aryl methyl sites for hydroxylation is 1. The van der Waals surface area contributed by atoms with Crippen molar-refractivity contribution in [2.24, 2.45) is 5.73 Å². The van der Waals surface area contributed by atoms with Gasteiger partial charge in [0.2, 0.25) is 0 Å². The normalized spacial score (nSPS) is 17.7. The van der Waals surface area contributed by atoms with Gasteiger partial charge in [0.1, 0.15) is 11.6 Å². The third kappa shape index (κ3) is 1.30. The second-order valence-electron chi connectivity index (χ2n) is 4.42. The van der Waals surface area contributed by atoms with Crippen LogP contribution in [0.2, 0.25) is 0 Å². The molecule has 1 aliphatic rings. The first-order chi connectivity index (χ1) is 7.60. The number of rotatable bonds is 1. The number of benzene rings is 1. The molecule has 16 heavy (non-hydrogen) atoms. The van der Waals surface area contributed by atoms with Crippen LogP contribution in [0.4, 0.5) is 4.39 Å². The Kier molecular flexibility index (Phi) is 1.80. The molecule has 0 bridgehead atoms. The van der Waals surface area contributed by atoms with E-state index in [1.54, 1.807) is 19.1 Å². The zero-order chi connectivity index (χ0) is 11.3. The van der Waals surface area contributed by atoms with Crippen molar-refractivity contribution < 1.29 is 4.39 Å². The molecule has 3 rings (SSSR count). The maximum Gasteiger partial charge on any atom is 0.149 e. The van der Waals surface area contributed by atoms with Crippen molar-refractivity contribution in [3.8, 4) is 0 Å². The molecule has 1 aliphatic carbocycles. The summed E-state index contributed by atoms with van der Waals surface area (Å²) in [6.07, 6.45) is 1.82. The highest BCUT2D eigenvalue weighted by molar-refractivity contribution is 5.81. The van der Waals surface area contributed by atoms with Gasteiger partial charge in [-0.05, 0) is 31.9 Å². The molecule has 1 saturated carbocycles. The number of aromatic nitrogens is 2. The summed E-state index contributed by atoms with van der Waals surface area (Å²) in [4.78, 5) is 8.67. The summed E-state index contributed by atoms with van der Waals surface area (Å²) >= 11 is 0. The van der Waals surface area contributed by atoms with Gasteiger partial charge in [0.15, 0.2) is 0 Å². The second-order valence-corrected chi connectivity index (χ2v) is 4.42. The Morgan fingerprint density at radius 2 is 2.06 bits per heavy atom. The van der Waals surface area contributed by atoms with Crippen LogP contribution in [0.1, 0.15) is 24.4 Å². The summed E-state index contributed by atoms with van der Waals surface area (Å²) < 4.78 is 13.6. The van der Waals surface area contributed by atoms with Crippen LogP contribution in [0.25, 0.3) is 10.9 Å². The predicted molar refractivity (Wildman–Crippen MR) is 59.3 cm³/mol. The molecule has 0 aliphatic heterocycles. The van der Waals surface area contributed by atoms with E-state index in [9.17, 15) is 4.39 Å². The zero-order valence-electron chi connectivity index (χ0n) is 9.00. The Morgan fingerprint density at radius 3 is 2.75 bits per heavy atom. The van der Waals surface area contributed by atoms with Gasteiger partial charge in [-0.3, -0.25) is 0 Å². The average Bonchev–Trinajstić information content (AvgIpc) is 2.97. The molecule has 0 unspecified atom stereocenters. The van der Waals surface area contributed by atoms with E-state index in [1.165, 1.54) is 6.07 Å². The molecule has 0 atom stereocenters. The van der Waals surface area contributed by atoms with Crippen LogP contribution >= 0.6 is 0 Å². The van der Waals surface area contributed by atoms with Gasteiger partial charge in [-0.1, -0.05) is 6.07 Å². The first-order valence-corrected chi connectivity index (χ1v) is 5.32. The van der Waals surface area contributed by atoms with Crippen LogP contribution in [-0.2, 0) is 5.54 Å². The molecule has 4 heteroatoms. The van der Waals surface area contributed by atoms with Crippen LogP contribution < -0.4 is 5.73 Å². The van der Waals surface area contributed by atoms with Crippen molar-refractivity contribution in [3.63, 3.8) is 0 Å². The molecule has 0 spiro atoms. The minimum absolute atomic E-state index is 0.275. The highest BCUT2D eigenvalue weighted by atomic mass is 19.1. The average molecular weight is 217 g/mol. The maximum atomic E-state index is 13.6. The predicted octanol–water partition coefficient (Wildman–Crippen LogP) is 2.03. The van der Waals surface area contributed by atoms with E-state index in [1.807, 2.05) is 0 Å². The molecule has 0 saturated heterocycles. The van der Waals surface area contributed by atoms with Crippen molar-refractivity contribution in [2.75, 3.05) is 0 Å². The smallest absolute Gasteiger partial charge is 0.149 e. The lowest BCUT2D eigenvalue weighted by Gasteiger charge is -2.10. The van der Waals surface area contributed by atoms with Gasteiger partial charge in [-0.2, -0.15) is 0 Å². The van der Waals surface area contributed by atoms with Gasteiger partial charge in [0.25, 0.3) is 0 Å². The monoisotopic (exact) mass is 217 g/mol. The Balaban J connectivity index is 2.31. The molecule has 2 aromatic rings. The molecule has 1 heterocycles. The summed E-state index contributed by atoms with van der Waals surface area (Å²) in [6, 6.07) is 4.88. The Morgan fingerprint density at radius 1 is 1.31 bits per heavy atom. The van der Waals surface area contributed by atoms with Gasteiger partial charge in [0.05, 0.1) is 22.1 Å². The summed E-state index contributed by atoms with van der Waals surface area (Å²) in [5.41, 5.74) is 6.98. The fourth-order valence-corrected chi connectivity index (χ4v) is 1.90. The fourth-order valence-electron chi connectivity index (χ4n) is 1.90. The number of nitrogens with two attached hydrogens (primary N) is 1. The van der Waals surface area contributed by atoms with Crippen molar-refractivity contribution >= 4 is 10.9 Å². The molecule has 82 valence electrons. The lowest BCUT2D eigenvalue weighted by molar-refractivity contribution is 0.634. The van der Waals surface area contributed by atoms with Gasteiger partial charge in [-0.25, -0.2) is 14.4 Å². The number of halogens is 1. The second kappa shape index (κ2) is 2.98. The van der Waals surface area contributed by atoms with Crippen molar-refractivity contribution in [2.45, 2.75) is 25.3 Å². The SMILES string of the molecule is Cc1nc(C2(N)CC2)nc2cccc(F)c12. The molecule has 0 radical (unpaired) electrons.